The molecule has 1 aromatic heterocycles. The summed E-state index contributed by atoms with van der Waals surface area (Å²) in [5.74, 6) is -0.272. The van der Waals surface area contributed by atoms with Gasteiger partial charge in [0, 0.05) is 11.5 Å². The van der Waals surface area contributed by atoms with E-state index < -0.39 is 6.04 Å². The Balaban J connectivity index is 2.03. The normalized spacial score (nSPS) is 16.6. The Hall–Kier alpha value is -1.82. The molecular weight excluding hydrogens is 429 g/mol. The van der Waals surface area contributed by atoms with E-state index >= 15 is 0 Å². The zero-order valence-corrected chi connectivity index (χ0v) is 15.9. The molecule has 2 heterocycles. The monoisotopic (exact) mass is 437 g/mol. The van der Waals surface area contributed by atoms with Crippen molar-refractivity contribution in [1.29, 1.82) is 0 Å². The van der Waals surface area contributed by atoms with Crippen molar-refractivity contribution in [3.05, 3.63) is 78.0 Å². The van der Waals surface area contributed by atoms with Crippen LogP contribution in [0.1, 0.15) is 27.7 Å². The van der Waals surface area contributed by atoms with E-state index in [0.717, 1.165) is 4.47 Å². The van der Waals surface area contributed by atoms with Gasteiger partial charge in [-0.3, -0.25) is 9.59 Å². The number of fused-ring (bicyclic) bond motifs is 2. The molecule has 2 aromatic carbocycles. The van der Waals surface area contributed by atoms with Gasteiger partial charge in [0.2, 0.25) is 5.76 Å². The van der Waals surface area contributed by atoms with E-state index in [1.54, 1.807) is 43.4 Å². The number of amides is 1. The van der Waals surface area contributed by atoms with Gasteiger partial charge in [-0.25, -0.2) is 0 Å². The molecule has 1 unspecified atom stereocenters. The lowest BCUT2D eigenvalue weighted by molar-refractivity contribution is 0.0771. The van der Waals surface area contributed by atoms with Crippen LogP contribution in [-0.2, 0) is 0 Å². The molecule has 0 radical (unpaired) electrons. The van der Waals surface area contributed by atoms with Gasteiger partial charge >= 0.3 is 0 Å². The Morgan fingerprint density at radius 3 is 2.56 bits per heavy atom. The number of hydrogen-bond acceptors (Lipinski definition) is 3. The minimum absolute atomic E-state index is 0.0680. The number of hydrogen-bond donors (Lipinski definition) is 0. The molecule has 7 heteroatoms. The number of carbonyl (C=O) groups is 1. The zero-order valence-electron chi connectivity index (χ0n) is 12.8. The fourth-order valence-electron chi connectivity index (χ4n) is 3.13. The molecule has 0 N–H and O–H groups in total. The van der Waals surface area contributed by atoms with E-state index in [1.807, 2.05) is 0 Å². The van der Waals surface area contributed by atoms with Gasteiger partial charge in [-0.1, -0.05) is 45.2 Å². The van der Waals surface area contributed by atoms with Gasteiger partial charge in [-0.15, -0.1) is 0 Å². The number of halogens is 3. The molecule has 0 fully saturated rings. The van der Waals surface area contributed by atoms with Crippen molar-refractivity contribution in [2.75, 3.05) is 7.05 Å². The van der Waals surface area contributed by atoms with Gasteiger partial charge < -0.3 is 9.32 Å². The van der Waals surface area contributed by atoms with Crippen molar-refractivity contribution in [1.82, 2.24) is 4.90 Å². The minimum atomic E-state index is -0.572. The average Bonchev–Trinajstić information content (AvgIpc) is 2.83. The first kappa shape index (κ1) is 16.6. The lowest BCUT2D eigenvalue weighted by atomic mass is 9.99. The molecule has 0 spiro atoms. The Kier molecular flexibility index (Phi) is 3.90. The molecule has 0 aliphatic carbocycles. The van der Waals surface area contributed by atoms with Crippen LogP contribution in [0.25, 0.3) is 11.0 Å². The molecule has 4 nitrogen and oxygen atoms in total. The maximum absolute atomic E-state index is 13.1. The fraction of sp³-hybridized carbons (Fsp3) is 0.111. The fourth-order valence-corrected chi connectivity index (χ4v) is 3.80. The second-order valence-corrected chi connectivity index (χ2v) is 7.54. The van der Waals surface area contributed by atoms with E-state index in [1.165, 1.54) is 4.90 Å². The topological polar surface area (TPSA) is 50.5 Å². The molecule has 0 saturated carbocycles. The first-order chi connectivity index (χ1) is 11.9. The summed E-state index contributed by atoms with van der Waals surface area (Å²) in [4.78, 5) is 27.2. The SMILES string of the molecule is CN1C(=O)c2oc3ccc(Br)cc3c(=O)c2C1c1ccc(Cl)c(Cl)c1. The third kappa shape index (κ3) is 2.49. The summed E-state index contributed by atoms with van der Waals surface area (Å²) < 4.78 is 6.52. The molecule has 0 bridgehead atoms. The van der Waals surface area contributed by atoms with E-state index in [-0.39, 0.29) is 17.1 Å². The van der Waals surface area contributed by atoms with Gasteiger partial charge in [0.05, 0.1) is 27.0 Å². The van der Waals surface area contributed by atoms with Gasteiger partial charge in [-0.05, 0) is 35.9 Å². The van der Waals surface area contributed by atoms with Crippen molar-refractivity contribution >= 4 is 56.0 Å². The minimum Gasteiger partial charge on any atom is -0.450 e. The lowest BCUT2D eigenvalue weighted by Crippen LogP contribution is -2.25. The predicted octanol–water partition coefficient (Wildman–Crippen LogP) is 5.04. The quantitative estimate of drug-likeness (QED) is 0.534. The van der Waals surface area contributed by atoms with Crippen LogP contribution in [0.15, 0.2) is 50.1 Å². The summed E-state index contributed by atoms with van der Waals surface area (Å²) >= 11 is 15.5. The lowest BCUT2D eigenvalue weighted by Gasteiger charge is -2.20. The maximum Gasteiger partial charge on any atom is 0.290 e. The summed E-state index contributed by atoms with van der Waals surface area (Å²) in [7, 11) is 1.63. The van der Waals surface area contributed by atoms with Crippen molar-refractivity contribution in [3.63, 3.8) is 0 Å². The molecule has 1 aliphatic heterocycles. The molecule has 1 aliphatic rings. The molecule has 126 valence electrons. The van der Waals surface area contributed by atoms with Crippen LogP contribution in [0.2, 0.25) is 10.0 Å². The van der Waals surface area contributed by atoms with Crippen LogP contribution in [-0.4, -0.2) is 17.9 Å². The van der Waals surface area contributed by atoms with Crippen LogP contribution in [0.4, 0.5) is 0 Å². The van der Waals surface area contributed by atoms with E-state index in [4.69, 9.17) is 27.6 Å². The van der Waals surface area contributed by atoms with Crippen LogP contribution in [0, 0.1) is 0 Å². The first-order valence-corrected chi connectivity index (χ1v) is 8.91. The van der Waals surface area contributed by atoms with Crippen molar-refractivity contribution in [2.24, 2.45) is 0 Å². The first-order valence-electron chi connectivity index (χ1n) is 7.37. The van der Waals surface area contributed by atoms with Crippen molar-refractivity contribution in [2.45, 2.75) is 6.04 Å². The summed E-state index contributed by atoms with van der Waals surface area (Å²) in [6, 6.07) is 9.61. The molecule has 25 heavy (non-hydrogen) atoms. The van der Waals surface area contributed by atoms with Crippen LogP contribution >= 0.6 is 39.1 Å². The third-order valence-corrected chi connectivity index (χ3v) is 5.55. The van der Waals surface area contributed by atoms with Gasteiger partial charge in [0.1, 0.15) is 5.58 Å². The number of benzene rings is 2. The molecule has 0 saturated heterocycles. The number of rotatable bonds is 1. The maximum atomic E-state index is 13.1. The largest absolute Gasteiger partial charge is 0.450 e. The summed E-state index contributed by atoms with van der Waals surface area (Å²) in [6.07, 6.45) is 0. The van der Waals surface area contributed by atoms with Crippen LogP contribution in [0.5, 0.6) is 0 Å². The average molecular weight is 439 g/mol. The van der Waals surface area contributed by atoms with Gasteiger partial charge in [0.25, 0.3) is 5.91 Å². The van der Waals surface area contributed by atoms with Crippen molar-refractivity contribution in [3.8, 4) is 0 Å². The number of carbonyl (C=O) groups excluding carboxylic acids is 1. The molecule has 1 amide bonds. The second-order valence-electron chi connectivity index (χ2n) is 5.81. The van der Waals surface area contributed by atoms with Crippen LogP contribution in [0.3, 0.4) is 0 Å². The summed E-state index contributed by atoms with van der Waals surface area (Å²) in [5.41, 5.74) is 1.16. The molecule has 4 rings (SSSR count). The van der Waals surface area contributed by atoms with E-state index in [2.05, 4.69) is 15.9 Å². The Morgan fingerprint density at radius 1 is 1.08 bits per heavy atom. The second kappa shape index (κ2) is 5.87. The Morgan fingerprint density at radius 2 is 1.84 bits per heavy atom. The summed E-state index contributed by atoms with van der Waals surface area (Å²) in [6.45, 7) is 0. The van der Waals surface area contributed by atoms with E-state index in [9.17, 15) is 9.59 Å². The highest BCUT2D eigenvalue weighted by Crippen LogP contribution is 2.38. The molecule has 3 aromatic rings. The molecular formula is C18H10BrCl2NO3. The standard InChI is InChI=1S/C18H10BrCl2NO3/c1-22-15(8-2-4-11(20)12(21)6-8)14-16(23)10-7-9(19)3-5-13(10)25-17(14)18(22)24/h2-7,15H,1H3. The zero-order chi connectivity index (χ0) is 17.9. The predicted molar refractivity (Wildman–Crippen MR) is 101 cm³/mol. The van der Waals surface area contributed by atoms with Gasteiger partial charge in [0.15, 0.2) is 5.43 Å². The van der Waals surface area contributed by atoms with E-state index in [0.29, 0.717) is 32.1 Å². The highest BCUT2D eigenvalue weighted by atomic mass is 79.9. The Bertz CT molecular complexity index is 1110. The van der Waals surface area contributed by atoms with Crippen molar-refractivity contribution < 1.29 is 9.21 Å². The highest BCUT2D eigenvalue weighted by molar-refractivity contribution is 9.10. The van der Waals surface area contributed by atoms with Crippen LogP contribution < -0.4 is 5.43 Å². The third-order valence-electron chi connectivity index (χ3n) is 4.32. The number of nitrogens with zero attached hydrogens (tertiary/aromatic N) is 1. The van der Waals surface area contributed by atoms with Gasteiger partial charge in [-0.2, -0.15) is 0 Å². The molecule has 1 atom stereocenters. The Labute approximate surface area is 161 Å². The highest BCUT2D eigenvalue weighted by Gasteiger charge is 2.40. The summed E-state index contributed by atoms with van der Waals surface area (Å²) in [5, 5.41) is 1.19. The smallest absolute Gasteiger partial charge is 0.290 e.